The van der Waals surface area contributed by atoms with Gasteiger partial charge in [-0.3, -0.25) is 0 Å². The molecular weight excluding hydrogens is 457 g/mol. The molecule has 2 N–H and O–H groups in total. The number of aryl methyl sites for hydroxylation is 1. The molecule has 0 bridgehead atoms. The van der Waals surface area contributed by atoms with Crippen LogP contribution in [0.4, 0.5) is 19.0 Å². The number of pyridine rings is 1. The quantitative estimate of drug-likeness (QED) is 0.259. The summed E-state index contributed by atoms with van der Waals surface area (Å²) in [5.74, 6) is 0.702. The number of alkyl halides is 3. The first-order valence-corrected chi connectivity index (χ1v) is 12.1. The number of aromatic amines is 1. The zero-order valence-corrected chi connectivity index (χ0v) is 19.7. The molecule has 8 heteroatoms. The minimum Gasteiger partial charge on any atom is -0.368 e. The van der Waals surface area contributed by atoms with Gasteiger partial charge in [0.2, 0.25) is 0 Å². The Hall–Kier alpha value is -3.26. The van der Waals surface area contributed by atoms with Crippen molar-refractivity contribution in [1.82, 2.24) is 15.0 Å². The molecule has 0 radical (unpaired) electrons. The molecule has 0 aliphatic heterocycles. The van der Waals surface area contributed by atoms with Crippen molar-refractivity contribution >= 4 is 17.6 Å². The molecule has 0 saturated heterocycles. The van der Waals surface area contributed by atoms with Crippen molar-refractivity contribution in [1.29, 1.82) is 0 Å². The Labute approximate surface area is 201 Å². The molecule has 0 saturated carbocycles. The fraction of sp³-hybridized carbons (Fsp3) is 0.231. The molecule has 0 aliphatic carbocycles. The zero-order valence-electron chi connectivity index (χ0n) is 18.9. The molecule has 0 aliphatic rings. The van der Waals surface area contributed by atoms with Gasteiger partial charge in [0.1, 0.15) is 5.82 Å². The second-order valence-electron chi connectivity index (χ2n) is 8.05. The third-order valence-corrected chi connectivity index (χ3v) is 6.07. The molecule has 2 aromatic carbocycles. The van der Waals surface area contributed by atoms with E-state index in [2.05, 4.69) is 39.3 Å². The Bertz CT molecular complexity index is 1240. The lowest BCUT2D eigenvalue weighted by molar-refractivity contribution is -0.137. The molecule has 1 atom stereocenters. The van der Waals surface area contributed by atoms with E-state index in [4.69, 9.17) is 0 Å². The van der Waals surface area contributed by atoms with Crippen LogP contribution in [0.2, 0.25) is 0 Å². The molecular formula is C26H25F3N4S. The van der Waals surface area contributed by atoms with Crippen LogP contribution in [0.25, 0.3) is 22.5 Å². The van der Waals surface area contributed by atoms with E-state index in [1.165, 1.54) is 23.4 Å². The molecule has 4 nitrogen and oxygen atoms in total. The van der Waals surface area contributed by atoms with Gasteiger partial charge >= 0.3 is 6.18 Å². The molecule has 4 aromatic rings. The van der Waals surface area contributed by atoms with Gasteiger partial charge in [-0.05, 0) is 55.9 Å². The largest absolute Gasteiger partial charge is 0.416 e. The maximum absolute atomic E-state index is 13.3. The highest BCUT2D eigenvalue weighted by Gasteiger charge is 2.31. The van der Waals surface area contributed by atoms with E-state index in [0.717, 1.165) is 30.5 Å². The number of hydrogen-bond acceptors (Lipinski definition) is 4. The van der Waals surface area contributed by atoms with Crippen molar-refractivity contribution < 1.29 is 13.2 Å². The lowest BCUT2D eigenvalue weighted by Crippen LogP contribution is -2.16. The maximum atomic E-state index is 13.3. The third kappa shape index (κ3) is 5.80. The summed E-state index contributed by atoms with van der Waals surface area (Å²) in [7, 11) is 0. The second-order valence-corrected chi connectivity index (χ2v) is 8.84. The minimum atomic E-state index is -4.42. The maximum Gasteiger partial charge on any atom is 0.416 e. The van der Waals surface area contributed by atoms with Crippen LogP contribution in [0.15, 0.2) is 78.1 Å². The first-order chi connectivity index (χ1) is 16.3. The predicted molar refractivity (Wildman–Crippen MR) is 132 cm³/mol. The van der Waals surface area contributed by atoms with E-state index in [0.29, 0.717) is 27.9 Å². The summed E-state index contributed by atoms with van der Waals surface area (Å²) in [4.78, 5) is 12.2. The first-order valence-electron chi connectivity index (χ1n) is 10.9. The summed E-state index contributed by atoms with van der Waals surface area (Å²) in [6.07, 6.45) is 1.03. The number of benzene rings is 2. The monoisotopic (exact) mass is 482 g/mol. The Kier molecular flexibility index (Phi) is 7.26. The first kappa shape index (κ1) is 23.9. The van der Waals surface area contributed by atoms with E-state index < -0.39 is 11.7 Å². The second kappa shape index (κ2) is 10.3. The van der Waals surface area contributed by atoms with E-state index in [1.54, 1.807) is 12.3 Å². The molecule has 2 aromatic heterocycles. The summed E-state index contributed by atoms with van der Waals surface area (Å²) in [6, 6.07) is 19.5. The Balaban J connectivity index is 1.58. The SMILES string of the molecule is CSc1nc(-c2cccc(C(F)(F)F)c2)c(-c2ccnc(NC(C)CCc3ccccc3)c2)[nH]1. The fourth-order valence-electron chi connectivity index (χ4n) is 3.73. The molecule has 2 heterocycles. The Morgan fingerprint density at radius 2 is 1.79 bits per heavy atom. The van der Waals surface area contributed by atoms with Crippen LogP contribution in [0.3, 0.4) is 0 Å². The average Bonchev–Trinajstić information content (AvgIpc) is 3.28. The van der Waals surface area contributed by atoms with Crippen LogP contribution in [-0.4, -0.2) is 27.2 Å². The summed E-state index contributed by atoms with van der Waals surface area (Å²) in [6.45, 7) is 2.10. The highest BCUT2D eigenvalue weighted by Crippen LogP contribution is 2.36. The lowest BCUT2D eigenvalue weighted by atomic mass is 10.0. The van der Waals surface area contributed by atoms with Gasteiger partial charge in [-0.15, -0.1) is 0 Å². The topological polar surface area (TPSA) is 53.6 Å². The van der Waals surface area contributed by atoms with Crippen molar-refractivity contribution in [2.75, 3.05) is 11.6 Å². The van der Waals surface area contributed by atoms with Crippen molar-refractivity contribution in [2.45, 2.75) is 37.1 Å². The third-order valence-electron chi connectivity index (χ3n) is 5.49. The molecule has 0 spiro atoms. The Morgan fingerprint density at radius 1 is 1.00 bits per heavy atom. The summed E-state index contributed by atoms with van der Waals surface area (Å²) in [5, 5.41) is 4.06. The van der Waals surface area contributed by atoms with Crippen molar-refractivity contribution in [3.63, 3.8) is 0 Å². The number of thioether (sulfide) groups is 1. The summed E-state index contributed by atoms with van der Waals surface area (Å²) in [5.41, 5.74) is 2.92. The molecule has 34 heavy (non-hydrogen) atoms. The van der Waals surface area contributed by atoms with Crippen LogP contribution in [0.1, 0.15) is 24.5 Å². The van der Waals surface area contributed by atoms with Gasteiger partial charge in [0.05, 0.1) is 17.0 Å². The number of anilines is 1. The summed E-state index contributed by atoms with van der Waals surface area (Å²) < 4.78 is 39.8. The van der Waals surface area contributed by atoms with Gasteiger partial charge in [0.15, 0.2) is 5.16 Å². The average molecular weight is 483 g/mol. The number of hydrogen-bond donors (Lipinski definition) is 2. The number of imidazole rings is 1. The molecule has 0 fully saturated rings. The minimum absolute atomic E-state index is 0.189. The van der Waals surface area contributed by atoms with E-state index >= 15 is 0 Å². The van der Waals surface area contributed by atoms with Gasteiger partial charge in [0.25, 0.3) is 0 Å². The van der Waals surface area contributed by atoms with Gasteiger partial charge in [-0.2, -0.15) is 13.2 Å². The molecule has 4 rings (SSSR count). The van der Waals surface area contributed by atoms with Crippen molar-refractivity contribution in [3.05, 3.63) is 84.1 Å². The van der Waals surface area contributed by atoms with Crippen LogP contribution in [0.5, 0.6) is 0 Å². The Morgan fingerprint density at radius 3 is 2.53 bits per heavy atom. The number of nitrogens with one attached hydrogen (secondary N) is 2. The number of nitrogens with zero attached hydrogens (tertiary/aromatic N) is 2. The zero-order chi connectivity index (χ0) is 24.1. The van der Waals surface area contributed by atoms with Crippen LogP contribution < -0.4 is 5.32 Å². The number of rotatable bonds is 8. The predicted octanol–water partition coefficient (Wildman–Crippen LogP) is 7.31. The van der Waals surface area contributed by atoms with E-state index in [1.807, 2.05) is 36.6 Å². The van der Waals surface area contributed by atoms with E-state index in [9.17, 15) is 13.2 Å². The van der Waals surface area contributed by atoms with Crippen molar-refractivity contribution in [3.8, 4) is 22.5 Å². The van der Waals surface area contributed by atoms with Gasteiger partial charge in [-0.1, -0.05) is 54.2 Å². The number of halogens is 3. The van der Waals surface area contributed by atoms with Crippen LogP contribution >= 0.6 is 11.8 Å². The normalized spacial score (nSPS) is 12.5. The van der Waals surface area contributed by atoms with Gasteiger partial charge < -0.3 is 10.3 Å². The van der Waals surface area contributed by atoms with Crippen LogP contribution in [0, 0.1) is 0 Å². The van der Waals surface area contributed by atoms with Gasteiger partial charge in [0, 0.05) is 23.4 Å². The van der Waals surface area contributed by atoms with Crippen molar-refractivity contribution in [2.24, 2.45) is 0 Å². The lowest BCUT2D eigenvalue weighted by Gasteiger charge is -2.15. The molecule has 176 valence electrons. The van der Waals surface area contributed by atoms with Gasteiger partial charge in [-0.25, -0.2) is 9.97 Å². The fourth-order valence-corrected chi connectivity index (χ4v) is 4.11. The summed E-state index contributed by atoms with van der Waals surface area (Å²) >= 11 is 1.40. The number of H-pyrrole nitrogens is 1. The number of aromatic nitrogens is 3. The van der Waals surface area contributed by atoms with E-state index in [-0.39, 0.29) is 6.04 Å². The molecule has 1 unspecified atom stereocenters. The molecule has 0 amide bonds. The standard InChI is InChI=1S/C26H25F3N4S/c1-17(11-12-18-7-4-3-5-8-18)31-22-16-20(13-14-30-22)24-23(32-25(33-24)34-2)19-9-6-10-21(15-19)26(27,28)29/h3-10,13-17H,11-12H2,1-2H3,(H,30,31)(H,32,33). The highest BCUT2D eigenvalue weighted by atomic mass is 32.2. The highest BCUT2D eigenvalue weighted by molar-refractivity contribution is 7.98. The smallest absolute Gasteiger partial charge is 0.368 e. The van der Waals surface area contributed by atoms with Crippen LogP contribution in [-0.2, 0) is 12.6 Å².